The summed E-state index contributed by atoms with van der Waals surface area (Å²) in [5.74, 6) is 1.64. The summed E-state index contributed by atoms with van der Waals surface area (Å²) in [6.45, 7) is 2.62. The molecule has 0 amide bonds. The van der Waals surface area contributed by atoms with Crippen molar-refractivity contribution in [2.24, 2.45) is 0 Å². The van der Waals surface area contributed by atoms with Crippen molar-refractivity contribution in [3.05, 3.63) is 22.7 Å². The van der Waals surface area contributed by atoms with Gasteiger partial charge in [-0.25, -0.2) is 0 Å². The van der Waals surface area contributed by atoms with E-state index in [2.05, 4.69) is 15.9 Å². The van der Waals surface area contributed by atoms with Gasteiger partial charge < -0.3 is 9.47 Å². The third-order valence-electron chi connectivity index (χ3n) is 1.72. The Morgan fingerprint density at radius 2 is 2.33 bits per heavy atom. The molecule has 0 radical (unpaired) electrons. The van der Waals surface area contributed by atoms with E-state index in [1.807, 2.05) is 25.1 Å². The first-order chi connectivity index (χ1) is 5.77. The van der Waals surface area contributed by atoms with Gasteiger partial charge in [0.25, 0.3) is 0 Å². The van der Waals surface area contributed by atoms with Gasteiger partial charge in [-0.05, 0) is 35.0 Å². The van der Waals surface area contributed by atoms with Crippen molar-refractivity contribution in [2.45, 2.75) is 13.0 Å². The molecule has 12 heavy (non-hydrogen) atoms. The molecule has 0 saturated carbocycles. The molecule has 1 aliphatic rings. The molecule has 0 spiro atoms. The lowest BCUT2D eigenvalue weighted by molar-refractivity contribution is 0.103. The van der Waals surface area contributed by atoms with E-state index >= 15 is 0 Å². The van der Waals surface area contributed by atoms with Crippen LogP contribution in [0.1, 0.15) is 6.92 Å². The minimum atomic E-state index is 0.135. The highest BCUT2D eigenvalue weighted by molar-refractivity contribution is 9.10. The number of halogens is 1. The van der Waals surface area contributed by atoms with Crippen molar-refractivity contribution < 1.29 is 9.47 Å². The van der Waals surface area contributed by atoms with Crippen LogP contribution in [0.5, 0.6) is 11.5 Å². The Balaban J connectivity index is 2.43. The van der Waals surface area contributed by atoms with Gasteiger partial charge in [0.1, 0.15) is 12.7 Å². The third-order valence-corrected chi connectivity index (χ3v) is 2.35. The van der Waals surface area contributed by atoms with Crippen LogP contribution in [0, 0.1) is 0 Å². The number of benzene rings is 1. The second-order valence-corrected chi connectivity index (χ2v) is 3.66. The van der Waals surface area contributed by atoms with Crippen molar-refractivity contribution in [2.75, 3.05) is 6.61 Å². The molecule has 1 aromatic rings. The topological polar surface area (TPSA) is 18.5 Å². The summed E-state index contributed by atoms with van der Waals surface area (Å²) < 4.78 is 12.0. The monoisotopic (exact) mass is 228 g/mol. The number of hydrogen-bond donors (Lipinski definition) is 0. The van der Waals surface area contributed by atoms with E-state index in [4.69, 9.17) is 9.47 Å². The first kappa shape index (κ1) is 7.92. The van der Waals surface area contributed by atoms with Crippen molar-refractivity contribution in [3.63, 3.8) is 0 Å². The highest BCUT2D eigenvalue weighted by Crippen LogP contribution is 2.37. The molecule has 2 nitrogen and oxygen atoms in total. The van der Waals surface area contributed by atoms with Gasteiger partial charge in [-0.1, -0.05) is 6.07 Å². The Morgan fingerprint density at radius 1 is 1.50 bits per heavy atom. The molecule has 0 fully saturated rings. The van der Waals surface area contributed by atoms with Crippen molar-refractivity contribution in [3.8, 4) is 11.5 Å². The van der Waals surface area contributed by atoms with Gasteiger partial charge >= 0.3 is 0 Å². The molecule has 0 aliphatic carbocycles. The summed E-state index contributed by atoms with van der Waals surface area (Å²) in [6.07, 6.45) is 0.135. The Morgan fingerprint density at radius 3 is 3.17 bits per heavy atom. The maximum atomic E-state index is 5.59. The van der Waals surface area contributed by atoms with E-state index < -0.39 is 0 Å². The van der Waals surface area contributed by atoms with E-state index in [1.54, 1.807) is 0 Å². The van der Waals surface area contributed by atoms with Crippen molar-refractivity contribution in [1.82, 2.24) is 0 Å². The fourth-order valence-electron chi connectivity index (χ4n) is 1.16. The predicted molar refractivity (Wildman–Crippen MR) is 49.7 cm³/mol. The molecule has 0 bridgehead atoms. The lowest BCUT2D eigenvalue weighted by Crippen LogP contribution is -2.25. The maximum Gasteiger partial charge on any atom is 0.175 e. The number of para-hydroxylation sites is 1. The molecule has 0 aromatic heterocycles. The molecule has 1 aliphatic heterocycles. The van der Waals surface area contributed by atoms with E-state index in [-0.39, 0.29) is 6.10 Å². The van der Waals surface area contributed by atoms with Gasteiger partial charge in [0.05, 0.1) is 4.47 Å². The molecule has 1 heterocycles. The Kier molecular flexibility index (Phi) is 1.97. The zero-order valence-electron chi connectivity index (χ0n) is 6.71. The molecular formula is C9H9BrO2. The Bertz CT molecular complexity index is 299. The van der Waals surface area contributed by atoms with Gasteiger partial charge in [-0.2, -0.15) is 0 Å². The van der Waals surface area contributed by atoms with Crippen LogP contribution in [-0.4, -0.2) is 12.7 Å². The number of rotatable bonds is 0. The smallest absolute Gasteiger partial charge is 0.175 e. The minimum absolute atomic E-state index is 0.135. The molecule has 0 N–H and O–H groups in total. The summed E-state index contributed by atoms with van der Waals surface area (Å²) in [5, 5.41) is 0. The van der Waals surface area contributed by atoms with Crippen LogP contribution in [-0.2, 0) is 0 Å². The first-order valence-corrected chi connectivity index (χ1v) is 4.64. The highest BCUT2D eigenvalue weighted by atomic mass is 79.9. The Labute approximate surface area is 79.6 Å². The summed E-state index contributed by atoms with van der Waals surface area (Å²) in [5.41, 5.74) is 0. The Hall–Kier alpha value is -0.700. The zero-order valence-corrected chi connectivity index (χ0v) is 8.30. The lowest BCUT2D eigenvalue weighted by Gasteiger charge is -2.24. The molecule has 3 heteroatoms. The molecule has 2 rings (SSSR count). The van der Waals surface area contributed by atoms with Gasteiger partial charge in [-0.3, -0.25) is 0 Å². The fraction of sp³-hybridized carbons (Fsp3) is 0.333. The molecule has 0 saturated heterocycles. The van der Waals surface area contributed by atoms with Crippen LogP contribution in [0.15, 0.2) is 22.7 Å². The average molecular weight is 229 g/mol. The number of ether oxygens (including phenoxy) is 2. The van der Waals surface area contributed by atoms with Crippen LogP contribution in [0.3, 0.4) is 0 Å². The van der Waals surface area contributed by atoms with Gasteiger partial charge in [0.2, 0.25) is 0 Å². The molecule has 64 valence electrons. The fourth-order valence-corrected chi connectivity index (χ4v) is 1.60. The average Bonchev–Trinajstić information content (AvgIpc) is 2.07. The molecular weight excluding hydrogens is 220 g/mol. The van der Waals surface area contributed by atoms with Crippen molar-refractivity contribution >= 4 is 15.9 Å². The summed E-state index contributed by atoms with van der Waals surface area (Å²) in [4.78, 5) is 0. The van der Waals surface area contributed by atoms with Crippen LogP contribution in [0.4, 0.5) is 0 Å². The zero-order chi connectivity index (χ0) is 8.55. The number of fused-ring (bicyclic) bond motifs is 1. The van der Waals surface area contributed by atoms with Crippen LogP contribution in [0.25, 0.3) is 0 Å². The van der Waals surface area contributed by atoms with Gasteiger partial charge in [-0.15, -0.1) is 0 Å². The van der Waals surface area contributed by atoms with Gasteiger partial charge in [0, 0.05) is 0 Å². The summed E-state index contributed by atoms with van der Waals surface area (Å²) in [7, 11) is 0. The standard InChI is InChI=1S/C9H9BrO2/c1-6-5-11-8-4-2-3-7(10)9(8)12-6/h2-4,6H,5H2,1H3. The van der Waals surface area contributed by atoms with E-state index in [0.29, 0.717) is 6.61 Å². The second kappa shape index (κ2) is 2.98. The summed E-state index contributed by atoms with van der Waals surface area (Å²) >= 11 is 3.40. The quantitative estimate of drug-likeness (QED) is 0.680. The van der Waals surface area contributed by atoms with Crippen LogP contribution in [0.2, 0.25) is 0 Å². The normalized spacial score (nSPS) is 20.7. The predicted octanol–water partition coefficient (Wildman–Crippen LogP) is 2.61. The van der Waals surface area contributed by atoms with E-state index in [9.17, 15) is 0 Å². The largest absolute Gasteiger partial charge is 0.486 e. The number of hydrogen-bond acceptors (Lipinski definition) is 2. The highest BCUT2D eigenvalue weighted by Gasteiger charge is 2.18. The molecule has 1 unspecified atom stereocenters. The van der Waals surface area contributed by atoms with E-state index in [0.717, 1.165) is 16.0 Å². The summed E-state index contributed by atoms with van der Waals surface area (Å²) in [6, 6.07) is 5.79. The van der Waals surface area contributed by atoms with Crippen LogP contribution >= 0.6 is 15.9 Å². The SMILES string of the molecule is CC1COc2cccc(Br)c2O1. The molecule has 1 aromatic carbocycles. The molecule has 1 atom stereocenters. The van der Waals surface area contributed by atoms with E-state index in [1.165, 1.54) is 0 Å². The van der Waals surface area contributed by atoms with Crippen molar-refractivity contribution in [1.29, 1.82) is 0 Å². The van der Waals surface area contributed by atoms with Gasteiger partial charge in [0.15, 0.2) is 11.5 Å². The minimum Gasteiger partial charge on any atom is -0.486 e. The second-order valence-electron chi connectivity index (χ2n) is 2.81. The van der Waals surface area contributed by atoms with Crippen LogP contribution < -0.4 is 9.47 Å². The third kappa shape index (κ3) is 1.29. The maximum absolute atomic E-state index is 5.59. The first-order valence-electron chi connectivity index (χ1n) is 3.85. The lowest BCUT2D eigenvalue weighted by atomic mass is 10.3.